The van der Waals surface area contributed by atoms with E-state index in [-0.39, 0.29) is 0 Å². The zero-order valence-electron chi connectivity index (χ0n) is 24.6. The van der Waals surface area contributed by atoms with E-state index in [1.807, 2.05) is 0 Å². The highest BCUT2D eigenvalue weighted by atomic mass is 15.0. The van der Waals surface area contributed by atoms with Gasteiger partial charge in [-0.05, 0) is 72.7 Å². The highest BCUT2D eigenvalue weighted by Gasteiger charge is 2.23. The minimum Gasteiger partial charge on any atom is -0.312 e. The number of allylic oxidation sites excluding steroid dienone is 2. The molecule has 2 aliphatic carbocycles. The van der Waals surface area contributed by atoms with E-state index in [9.17, 15) is 0 Å². The van der Waals surface area contributed by atoms with Gasteiger partial charge in [-0.2, -0.15) is 0 Å². The molecule has 2 aliphatic rings. The van der Waals surface area contributed by atoms with Gasteiger partial charge in [0.1, 0.15) is 0 Å². The van der Waals surface area contributed by atoms with Gasteiger partial charge in [0.05, 0.1) is 11.0 Å². The molecule has 0 aliphatic heterocycles. The summed E-state index contributed by atoms with van der Waals surface area (Å²) in [6.45, 7) is 0. The van der Waals surface area contributed by atoms with Gasteiger partial charge in [0.25, 0.3) is 0 Å². The third-order valence-corrected chi connectivity index (χ3v) is 9.47. The van der Waals surface area contributed by atoms with Crippen molar-refractivity contribution in [2.45, 2.75) is 25.7 Å². The van der Waals surface area contributed by atoms with Gasteiger partial charge in [0.2, 0.25) is 0 Å². The highest BCUT2D eigenvalue weighted by molar-refractivity contribution is 6.03. The van der Waals surface area contributed by atoms with Crippen LogP contribution in [0.5, 0.6) is 0 Å². The molecular weight excluding hydrogens is 532 g/mol. The van der Waals surface area contributed by atoms with E-state index in [2.05, 4.69) is 155 Å². The first kappa shape index (κ1) is 25.2. The minimum atomic E-state index is 1.05. The van der Waals surface area contributed by atoms with Crippen molar-refractivity contribution in [1.82, 2.24) is 9.13 Å². The lowest BCUT2D eigenvalue weighted by molar-refractivity contribution is 0.889. The Hall–Kier alpha value is -5.34. The summed E-state index contributed by atoms with van der Waals surface area (Å²) < 4.78 is 4.97. The molecule has 0 N–H and O–H groups in total. The molecule has 44 heavy (non-hydrogen) atoms. The van der Waals surface area contributed by atoms with Gasteiger partial charge >= 0.3 is 0 Å². The van der Waals surface area contributed by atoms with E-state index in [0.29, 0.717) is 0 Å². The van der Waals surface area contributed by atoms with Crippen LogP contribution in [0.15, 0.2) is 133 Å². The van der Waals surface area contributed by atoms with Crippen molar-refractivity contribution in [1.29, 1.82) is 0 Å². The SMILES string of the molecule is C1=Cc2c(c3cccc(-c4ccc(-c5cccc6c7c(n(-c8ccccc8)c56)CCC=C7)cc4)c3n2-c2ccccc2)CC1. The zero-order valence-corrected chi connectivity index (χ0v) is 24.6. The first-order valence-electron chi connectivity index (χ1n) is 15.7. The van der Waals surface area contributed by atoms with Crippen LogP contribution in [-0.4, -0.2) is 9.13 Å². The smallest absolute Gasteiger partial charge is 0.0616 e. The first-order valence-corrected chi connectivity index (χ1v) is 15.7. The van der Waals surface area contributed by atoms with Crippen LogP contribution in [0, 0.1) is 0 Å². The number of nitrogens with zero attached hydrogens (tertiary/aromatic N) is 2. The van der Waals surface area contributed by atoms with Gasteiger partial charge in [-0.25, -0.2) is 0 Å². The second-order valence-electron chi connectivity index (χ2n) is 11.9. The number of benzene rings is 5. The molecule has 2 nitrogen and oxygen atoms in total. The molecule has 0 bridgehead atoms. The number of aryl methyl sites for hydroxylation is 1. The molecule has 2 aromatic heterocycles. The maximum atomic E-state index is 2.50. The predicted molar refractivity (Wildman–Crippen MR) is 186 cm³/mol. The summed E-state index contributed by atoms with van der Waals surface area (Å²) in [4.78, 5) is 0. The highest BCUT2D eigenvalue weighted by Crippen LogP contribution is 2.42. The maximum Gasteiger partial charge on any atom is 0.0616 e. The fraction of sp³-hybridized carbons (Fsp3) is 0.0952. The van der Waals surface area contributed by atoms with Gasteiger partial charge in [-0.1, -0.05) is 115 Å². The third kappa shape index (κ3) is 3.81. The van der Waals surface area contributed by atoms with Gasteiger partial charge in [-0.15, -0.1) is 0 Å². The minimum absolute atomic E-state index is 1.05. The lowest BCUT2D eigenvalue weighted by Gasteiger charge is -2.15. The molecule has 0 atom stereocenters. The molecule has 0 unspecified atom stereocenters. The molecule has 0 radical (unpaired) electrons. The summed E-state index contributed by atoms with van der Waals surface area (Å²) in [5, 5.41) is 2.68. The van der Waals surface area contributed by atoms with E-state index in [4.69, 9.17) is 0 Å². The van der Waals surface area contributed by atoms with E-state index in [1.54, 1.807) is 0 Å². The van der Waals surface area contributed by atoms with Crippen molar-refractivity contribution in [2.75, 3.05) is 0 Å². The van der Waals surface area contributed by atoms with E-state index < -0.39 is 0 Å². The standard InChI is InChI=1S/C42H32N2/c1-3-13-31(14-4-1)43-39-23-9-7-17-35(39)37-21-11-19-33(41(37)43)29-25-27-30(28-26-29)34-20-12-22-38-36-18-8-10-24-40(36)44(42(34)38)32-15-5-2-6-16-32/h1-7,10-17,19-22,24-28H,8-9,18,23H2. The van der Waals surface area contributed by atoms with Crippen molar-refractivity contribution < 1.29 is 0 Å². The van der Waals surface area contributed by atoms with Gasteiger partial charge < -0.3 is 9.13 Å². The van der Waals surface area contributed by atoms with E-state index >= 15 is 0 Å². The van der Waals surface area contributed by atoms with Crippen LogP contribution in [0.2, 0.25) is 0 Å². The predicted octanol–water partition coefficient (Wildman–Crippen LogP) is 10.8. The van der Waals surface area contributed by atoms with Crippen molar-refractivity contribution in [2.24, 2.45) is 0 Å². The third-order valence-electron chi connectivity index (χ3n) is 9.47. The monoisotopic (exact) mass is 564 g/mol. The molecule has 0 saturated carbocycles. The van der Waals surface area contributed by atoms with Crippen LogP contribution < -0.4 is 0 Å². The van der Waals surface area contributed by atoms with Gasteiger partial charge in [0.15, 0.2) is 0 Å². The van der Waals surface area contributed by atoms with Crippen LogP contribution in [0.4, 0.5) is 0 Å². The lowest BCUT2D eigenvalue weighted by Crippen LogP contribution is -2.03. The Balaban J connectivity index is 1.23. The normalized spacial score (nSPS) is 13.8. The average Bonchev–Trinajstić information content (AvgIpc) is 3.63. The Bertz CT molecular complexity index is 2210. The van der Waals surface area contributed by atoms with Crippen LogP contribution in [-0.2, 0) is 12.8 Å². The largest absolute Gasteiger partial charge is 0.312 e. The maximum absolute atomic E-state index is 2.50. The van der Waals surface area contributed by atoms with Crippen molar-refractivity contribution in [3.8, 4) is 33.6 Å². The molecule has 9 rings (SSSR count). The summed E-state index contributed by atoms with van der Waals surface area (Å²) in [5.41, 5.74) is 15.6. The Kier molecular flexibility index (Phi) is 5.80. The Morgan fingerprint density at radius 3 is 1.70 bits per heavy atom. The fourth-order valence-electron chi connectivity index (χ4n) is 7.55. The summed E-state index contributed by atoms with van der Waals surface area (Å²) in [6, 6.07) is 44.5. The van der Waals surface area contributed by atoms with Gasteiger partial charge in [0, 0.05) is 50.2 Å². The molecular formula is C42H32N2. The van der Waals surface area contributed by atoms with Crippen LogP contribution in [0.3, 0.4) is 0 Å². The van der Waals surface area contributed by atoms with Crippen molar-refractivity contribution >= 4 is 34.0 Å². The van der Waals surface area contributed by atoms with Crippen molar-refractivity contribution in [3.63, 3.8) is 0 Å². The Labute approximate surface area is 257 Å². The topological polar surface area (TPSA) is 9.86 Å². The average molecular weight is 565 g/mol. The molecule has 0 fully saturated rings. The number of para-hydroxylation sites is 4. The lowest BCUT2D eigenvalue weighted by atomic mass is 9.95. The molecule has 0 amide bonds. The second kappa shape index (κ2) is 10.1. The summed E-state index contributed by atoms with van der Waals surface area (Å²) >= 11 is 0. The quantitative estimate of drug-likeness (QED) is 0.201. The zero-order chi connectivity index (χ0) is 29.0. The first-order chi connectivity index (χ1) is 21.9. The van der Waals surface area contributed by atoms with Crippen LogP contribution in [0.25, 0.3) is 67.6 Å². The molecule has 2 heteroatoms. The number of hydrogen-bond donors (Lipinski definition) is 0. The number of hydrogen-bond acceptors (Lipinski definition) is 0. The fourth-order valence-corrected chi connectivity index (χ4v) is 7.55. The molecule has 5 aromatic carbocycles. The van der Waals surface area contributed by atoms with E-state index in [1.165, 1.54) is 77.9 Å². The Morgan fingerprint density at radius 2 is 1.02 bits per heavy atom. The van der Waals surface area contributed by atoms with E-state index in [0.717, 1.165) is 25.7 Å². The van der Waals surface area contributed by atoms with Crippen LogP contribution in [0.1, 0.15) is 35.4 Å². The van der Waals surface area contributed by atoms with Gasteiger partial charge in [-0.3, -0.25) is 0 Å². The van der Waals surface area contributed by atoms with Crippen molar-refractivity contribution in [3.05, 3.63) is 156 Å². The molecule has 7 aromatic rings. The number of fused-ring (bicyclic) bond motifs is 6. The summed E-state index contributed by atoms with van der Waals surface area (Å²) in [6.07, 6.45) is 13.6. The number of aromatic nitrogens is 2. The molecule has 210 valence electrons. The molecule has 0 saturated heterocycles. The number of rotatable bonds is 4. The molecule has 0 spiro atoms. The second-order valence-corrected chi connectivity index (χ2v) is 11.9. The molecule has 2 heterocycles. The Morgan fingerprint density at radius 1 is 0.455 bits per heavy atom. The van der Waals surface area contributed by atoms with Crippen LogP contribution >= 0.6 is 0 Å². The summed E-state index contributed by atoms with van der Waals surface area (Å²) in [5.74, 6) is 0. The summed E-state index contributed by atoms with van der Waals surface area (Å²) in [7, 11) is 0.